The molecule has 4 nitrogen and oxygen atoms in total. The van der Waals surface area contributed by atoms with Crippen molar-refractivity contribution >= 4 is 32.8 Å². The van der Waals surface area contributed by atoms with Crippen LogP contribution in [0.3, 0.4) is 0 Å². The first kappa shape index (κ1) is 10.5. The van der Waals surface area contributed by atoms with Gasteiger partial charge in [0.05, 0.1) is 11.4 Å². The Bertz CT molecular complexity index is 281. The Morgan fingerprint density at radius 1 is 1.64 bits per heavy atom. The van der Waals surface area contributed by atoms with Crippen LogP contribution in [0.15, 0.2) is 4.36 Å². The zero-order valence-corrected chi connectivity index (χ0v) is 8.00. The monoisotopic (exact) mass is 194 g/mol. The van der Waals surface area contributed by atoms with E-state index in [9.17, 15) is 9.00 Å². The number of carbonyl (C=O) groups is 1. The largest absolute Gasteiger partial charge is 0.393 e. The lowest BCUT2D eigenvalue weighted by atomic mass is 10.4. The van der Waals surface area contributed by atoms with Gasteiger partial charge in [0.25, 0.3) is 5.91 Å². The van der Waals surface area contributed by atoms with Gasteiger partial charge in [0, 0.05) is 22.2 Å². The molecule has 0 radical (unpaired) electrons. The molecule has 6 heteroatoms. The van der Waals surface area contributed by atoms with Gasteiger partial charge in [0.15, 0.2) is 0 Å². The van der Waals surface area contributed by atoms with Gasteiger partial charge in [-0.25, -0.2) is 4.21 Å². The van der Waals surface area contributed by atoms with E-state index >= 15 is 0 Å². The topological polar surface area (TPSA) is 72.5 Å². The first-order chi connectivity index (χ1) is 4.81. The molecule has 0 fully saturated rings. The highest BCUT2D eigenvalue weighted by Crippen LogP contribution is 1.90. The van der Waals surface area contributed by atoms with Crippen LogP contribution in [0.1, 0.15) is 6.42 Å². The van der Waals surface area contributed by atoms with Gasteiger partial charge in [0.1, 0.15) is 0 Å². The molecule has 0 unspecified atom stereocenters. The normalized spacial score (nSPS) is 10.7. The van der Waals surface area contributed by atoms with Crippen LogP contribution in [0.25, 0.3) is 0 Å². The Morgan fingerprint density at radius 2 is 2.09 bits per heavy atom. The van der Waals surface area contributed by atoms with E-state index in [1.807, 2.05) is 0 Å². The minimum absolute atomic E-state index is 0.0717. The molecule has 0 saturated heterocycles. The van der Waals surface area contributed by atoms with Gasteiger partial charge in [-0.1, -0.05) is 12.2 Å². The van der Waals surface area contributed by atoms with Crippen molar-refractivity contribution in [1.29, 1.82) is 0 Å². The summed E-state index contributed by atoms with van der Waals surface area (Å²) in [6, 6.07) is 0. The second-order valence-corrected chi connectivity index (χ2v) is 5.38. The summed E-state index contributed by atoms with van der Waals surface area (Å²) >= 11 is 4.47. The van der Waals surface area contributed by atoms with E-state index < -0.39 is 15.6 Å². The smallest absolute Gasteiger partial charge is 0.260 e. The van der Waals surface area contributed by atoms with Crippen molar-refractivity contribution in [2.75, 3.05) is 12.5 Å². The Kier molecular flexibility index (Phi) is 3.61. The highest BCUT2D eigenvalue weighted by Gasteiger charge is 2.02. The lowest BCUT2D eigenvalue weighted by molar-refractivity contribution is -0.116. The standard InChI is InChI=1S/C5H10N2O2S2/c1-11(2,9)7-5(8)3-4(6)10/h3H2,1-2H3,(H2,6,10). The van der Waals surface area contributed by atoms with Crippen molar-refractivity contribution in [1.82, 2.24) is 0 Å². The number of hydrogen-bond acceptors (Lipinski definition) is 3. The van der Waals surface area contributed by atoms with Crippen molar-refractivity contribution in [3.63, 3.8) is 0 Å². The van der Waals surface area contributed by atoms with E-state index in [0.29, 0.717) is 0 Å². The van der Waals surface area contributed by atoms with Gasteiger partial charge in [-0.15, -0.1) is 0 Å². The number of rotatable bonds is 2. The van der Waals surface area contributed by atoms with Gasteiger partial charge in [0.2, 0.25) is 0 Å². The second-order valence-electron chi connectivity index (χ2n) is 2.31. The summed E-state index contributed by atoms with van der Waals surface area (Å²) in [7, 11) is -2.36. The predicted octanol–water partition coefficient (Wildman–Crippen LogP) is -0.0832. The highest BCUT2D eigenvalue weighted by atomic mass is 32.2. The molecule has 0 aromatic rings. The van der Waals surface area contributed by atoms with Crippen LogP contribution in [0.2, 0.25) is 0 Å². The zero-order chi connectivity index (χ0) is 9.07. The fraction of sp³-hybridized carbons (Fsp3) is 0.600. The quantitative estimate of drug-likeness (QED) is 0.624. The lowest BCUT2D eigenvalue weighted by Crippen LogP contribution is -2.13. The Balaban J connectivity index is 4.33. The van der Waals surface area contributed by atoms with Crippen molar-refractivity contribution < 1.29 is 9.00 Å². The molecule has 0 aromatic carbocycles. The van der Waals surface area contributed by atoms with Gasteiger partial charge >= 0.3 is 0 Å². The summed E-state index contributed by atoms with van der Waals surface area (Å²) in [4.78, 5) is 10.8. The second kappa shape index (κ2) is 3.77. The SMILES string of the molecule is CS(C)(=O)=NC(=O)CC(N)=S. The molecule has 0 saturated carbocycles. The minimum Gasteiger partial charge on any atom is -0.393 e. The molecule has 0 aromatic heterocycles. The number of amides is 1. The third-order valence-electron chi connectivity index (χ3n) is 0.647. The maximum absolute atomic E-state index is 10.9. The predicted molar refractivity (Wildman–Crippen MR) is 48.8 cm³/mol. The minimum atomic E-state index is -2.36. The summed E-state index contributed by atoms with van der Waals surface area (Å²) in [5.41, 5.74) is 5.07. The van der Waals surface area contributed by atoms with Gasteiger partial charge in [-0.05, 0) is 0 Å². The lowest BCUT2D eigenvalue weighted by Gasteiger charge is -1.93. The van der Waals surface area contributed by atoms with Crippen LogP contribution >= 0.6 is 12.2 Å². The van der Waals surface area contributed by atoms with Gasteiger partial charge in [-0.2, -0.15) is 4.36 Å². The first-order valence-electron chi connectivity index (χ1n) is 2.79. The van der Waals surface area contributed by atoms with E-state index in [1.54, 1.807) is 0 Å². The molecule has 0 heterocycles. The molecular formula is C5H10N2O2S2. The molecular weight excluding hydrogens is 184 g/mol. The van der Waals surface area contributed by atoms with Crippen LogP contribution in [0, 0.1) is 0 Å². The summed E-state index contributed by atoms with van der Waals surface area (Å²) in [5.74, 6) is -0.521. The Morgan fingerprint density at radius 3 is 2.36 bits per heavy atom. The Labute approximate surface area is 71.3 Å². The fourth-order valence-electron chi connectivity index (χ4n) is 0.427. The van der Waals surface area contributed by atoms with Crippen LogP contribution < -0.4 is 5.73 Å². The third kappa shape index (κ3) is 7.41. The number of hydrogen-bond donors (Lipinski definition) is 1. The molecule has 64 valence electrons. The van der Waals surface area contributed by atoms with Crippen molar-refractivity contribution in [2.45, 2.75) is 6.42 Å². The summed E-state index contributed by atoms with van der Waals surface area (Å²) in [5, 5.41) is 0. The van der Waals surface area contributed by atoms with Gasteiger partial charge in [-0.3, -0.25) is 4.79 Å². The van der Waals surface area contributed by atoms with E-state index in [1.165, 1.54) is 12.5 Å². The van der Waals surface area contributed by atoms with Crippen LogP contribution in [-0.2, 0) is 14.5 Å². The van der Waals surface area contributed by atoms with Crippen molar-refractivity contribution in [3.05, 3.63) is 0 Å². The van der Waals surface area contributed by atoms with Gasteiger partial charge < -0.3 is 5.73 Å². The van der Waals surface area contributed by atoms with Crippen LogP contribution in [0.5, 0.6) is 0 Å². The molecule has 0 spiro atoms. The highest BCUT2D eigenvalue weighted by molar-refractivity contribution is 7.92. The molecule has 0 bridgehead atoms. The van der Waals surface area contributed by atoms with Crippen molar-refractivity contribution in [3.8, 4) is 0 Å². The van der Waals surface area contributed by atoms with Crippen molar-refractivity contribution in [2.24, 2.45) is 10.1 Å². The third-order valence-corrected chi connectivity index (χ3v) is 1.43. The number of carbonyl (C=O) groups excluding carboxylic acids is 1. The summed E-state index contributed by atoms with van der Waals surface area (Å²) < 4.78 is 14.3. The first-order valence-corrected chi connectivity index (χ1v) is 5.53. The molecule has 0 aliphatic heterocycles. The van der Waals surface area contributed by atoms with Crippen LogP contribution in [0.4, 0.5) is 0 Å². The molecule has 1 amide bonds. The van der Waals surface area contributed by atoms with E-state index in [-0.39, 0.29) is 11.4 Å². The van der Waals surface area contributed by atoms with E-state index in [2.05, 4.69) is 16.6 Å². The number of nitrogens with two attached hydrogens (primary N) is 1. The maximum Gasteiger partial charge on any atom is 0.260 e. The molecule has 0 aliphatic rings. The number of thiocarbonyl (C=S) groups is 1. The molecule has 0 rings (SSSR count). The average molecular weight is 194 g/mol. The molecule has 0 atom stereocenters. The fourth-order valence-corrected chi connectivity index (χ4v) is 1.10. The van der Waals surface area contributed by atoms with Crippen LogP contribution in [-0.4, -0.2) is 27.6 Å². The van der Waals surface area contributed by atoms with E-state index in [4.69, 9.17) is 5.73 Å². The zero-order valence-electron chi connectivity index (χ0n) is 6.36. The summed E-state index contributed by atoms with van der Waals surface area (Å²) in [6.07, 6.45) is 2.66. The molecule has 0 aliphatic carbocycles. The number of nitrogens with zero attached hydrogens (tertiary/aromatic N) is 1. The maximum atomic E-state index is 10.9. The Hall–Kier alpha value is -0.490. The summed E-state index contributed by atoms with van der Waals surface area (Å²) in [6.45, 7) is 0. The average Bonchev–Trinajstić information content (AvgIpc) is 1.53. The molecule has 2 N–H and O–H groups in total. The molecule has 11 heavy (non-hydrogen) atoms. The van der Waals surface area contributed by atoms with E-state index in [0.717, 1.165) is 0 Å².